The van der Waals surface area contributed by atoms with Crippen LogP contribution in [-0.2, 0) is 0 Å². The number of aliphatic hydroxyl groups excluding tert-OH is 1. The average Bonchev–Trinajstić information content (AvgIpc) is 2.36. The Kier molecular flexibility index (Phi) is 3.12. The maximum Gasteiger partial charge on any atom is 0.315 e. The fraction of sp³-hybridized carbons (Fsp3) is 0.400. The second-order valence-corrected chi connectivity index (χ2v) is 3.61. The topological polar surface area (TPSA) is 108 Å². The molecule has 1 heterocycles. The molecule has 1 aromatic carbocycles. The first-order valence-electron chi connectivity index (χ1n) is 5.08. The van der Waals surface area contributed by atoms with E-state index >= 15 is 0 Å². The van der Waals surface area contributed by atoms with Crippen LogP contribution in [0, 0.1) is 10.1 Å². The van der Waals surface area contributed by atoms with E-state index in [1.165, 1.54) is 6.07 Å². The van der Waals surface area contributed by atoms with Gasteiger partial charge < -0.3 is 20.3 Å². The molecule has 17 heavy (non-hydrogen) atoms. The highest BCUT2D eigenvalue weighted by molar-refractivity contribution is 5.59. The van der Waals surface area contributed by atoms with Crippen LogP contribution >= 0.6 is 0 Å². The molecule has 2 rings (SSSR count). The predicted octanol–water partition coefficient (Wildman–Crippen LogP) is 0.358. The summed E-state index contributed by atoms with van der Waals surface area (Å²) in [4.78, 5) is 10.3. The van der Waals surface area contributed by atoms with Crippen molar-refractivity contribution in [3.05, 3.63) is 27.8 Å². The van der Waals surface area contributed by atoms with E-state index in [9.17, 15) is 10.1 Å². The number of aliphatic hydroxyl groups is 1. The van der Waals surface area contributed by atoms with Crippen LogP contribution < -0.4 is 15.2 Å². The highest BCUT2D eigenvalue weighted by atomic mass is 16.6. The number of nitrogens with two attached hydrogens (primary N) is 1. The number of nitrogens with zero attached hydrogens (tertiary/aromatic N) is 1. The van der Waals surface area contributed by atoms with Gasteiger partial charge in [0.1, 0.15) is 13.2 Å². The number of ether oxygens (including phenoxy) is 2. The molecule has 0 aliphatic carbocycles. The van der Waals surface area contributed by atoms with Crippen molar-refractivity contribution in [1.29, 1.82) is 0 Å². The van der Waals surface area contributed by atoms with Crippen molar-refractivity contribution in [3.8, 4) is 11.5 Å². The Morgan fingerprint density at radius 3 is 2.82 bits per heavy atom. The summed E-state index contributed by atoms with van der Waals surface area (Å²) in [6, 6.07) is 2.18. The largest absolute Gasteiger partial charge is 0.486 e. The maximum absolute atomic E-state index is 10.9. The summed E-state index contributed by atoms with van der Waals surface area (Å²) in [6.07, 6.45) is 0. The molecular weight excluding hydrogens is 228 g/mol. The summed E-state index contributed by atoms with van der Waals surface area (Å²) in [7, 11) is 0. The molecule has 0 fully saturated rings. The van der Waals surface area contributed by atoms with E-state index in [1.807, 2.05) is 0 Å². The van der Waals surface area contributed by atoms with Crippen LogP contribution in [0.1, 0.15) is 11.6 Å². The summed E-state index contributed by atoms with van der Waals surface area (Å²) < 4.78 is 10.5. The quantitative estimate of drug-likeness (QED) is 0.583. The van der Waals surface area contributed by atoms with Gasteiger partial charge in [0.2, 0.25) is 5.75 Å². The summed E-state index contributed by atoms with van der Waals surface area (Å²) in [6.45, 7) is 0.317. The van der Waals surface area contributed by atoms with Crippen LogP contribution in [0.15, 0.2) is 12.1 Å². The SMILES string of the molecule is NC(CO)c1cc2c(c([N+](=O)[O-])c1)OCCO2. The fourth-order valence-electron chi connectivity index (χ4n) is 1.61. The Morgan fingerprint density at radius 2 is 2.18 bits per heavy atom. The molecule has 7 nitrogen and oxygen atoms in total. The molecular formula is C10H12N2O5. The molecule has 0 radical (unpaired) electrons. The Balaban J connectivity index is 2.52. The summed E-state index contributed by atoms with van der Waals surface area (Å²) in [5.74, 6) is 0.416. The van der Waals surface area contributed by atoms with E-state index in [0.717, 1.165) is 0 Å². The van der Waals surface area contributed by atoms with Crippen molar-refractivity contribution < 1.29 is 19.5 Å². The molecule has 0 aromatic heterocycles. The Hall–Kier alpha value is -1.86. The van der Waals surface area contributed by atoms with E-state index in [-0.39, 0.29) is 24.7 Å². The number of nitro benzene ring substituents is 1. The van der Waals surface area contributed by atoms with Crippen molar-refractivity contribution in [3.63, 3.8) is 0 Å². The number of hydrogen-bond acceptors (Lipinski definition) is 6. The lowest BCUT2D eigenvalue weighted by Gasteiger charge is -2.20. The maximum atomic E-state index is 10.9. The minimum absolute atomic E-state index is 0.120. The van der Waals surface area contributed by atoms with Crippen LogP contribution in [0.25, 0.3) is 0 Å². The molecule has 0 saturated carbocycles. The van der Waals surface area contributed by atoms with Crippen molar-refractivity contribution in [2.75, 3.05) is 19.8 Å². The minimum Gasteiger partial charge on any atom is -0.486 e. The van der Waals surface area contributed by atoms with Crippen LogP contribution in [0.5, 0.6) is 11.5 Å². The highest BCUT2D eigenvalue weighted by Gasteiger charge is 2.26. The van der Waals surface area contributed by atoms with Crippen LogP contribution in [0.3, 0.4) is 0 Å². The van der Waals surface area contributed by atoms with Gasteiger partial charge in [-0.2, -0.15) is 0 Å². The summed E-state index contributed by atoms with van der Waals surface area (Å²) >= 11 is 0. The van der Waals surface area contributed by atoms with Gasteiger partial charge in [-0.25, -0.2) is 0 Å². The lowest BCUT2D eigenvalue weighted by Crippen LogP contribution is -2.19. The standard InChI is InChI=1S/C10H12N2O5/c11-7(5-13)6-3-8(12(14)15)10-9(4-6)16-1-2-17-10/h3-4,7,13H,1-2,5,11H2. The minimum atomic E-state index is -0.676. The monoisotopic (exact) mass is 240 g/mol. The molecule has 92 valence electrons. The predicted molar refractivity (Wildman–Crippen MR) is 58.1 cm³/mol. The van der Waals surface area contributed by atoms with E-state index in [2.05, 4.69) is 0 Å². The summed E-state index contributed by atoms with van der Waals surface area (Å²) in [5, 5.41) is 19.9. The Labute approximate surface area is 96.9 Å². The van der Waals surface area contributed by atoms with E-state index in [0.29, 0.717) is 17.9 Å². The van der Waals surface area contributed by atoms with E-state index in [4.69, 9.17) is 20.3 Å². The van der Waals surface area contributed by atoms with Crippen molar-refractivity contribution >= 4 is 5.69 Å². The van der Waals surface area contributed by atoms with Gasteiger partial charge >= 0.3 is 5.69 Å². The smallest absolute Gasteiger partial charge is 0.315 e. The average molecular weight is 240 g/mol. The van der Waals surface area contributed by atoms with Gasteiger partial charge in [-0.15, -0.1) is 0 Å². The molecule has 1 unspecified atom stereocenters. The molecule has 1 aromatic rings. The Bertz CT molecular complexity index is 449. The molecule has 0 amide bonds. The third-order valence-electron chi connectivity index (χ3n) is 2.47. The first-order chi connectivity index (χ1) is 8.13. The molecule has 0 saturated heterocycles. The second-order valence-electron chi connectivity index (χ2n) is 3.61. The number of rotatable bonds is 3. The molecule has 1 aliphatic heterocycles. The van der Waals surface area contributed by atoms with E-state index in [1.54, 1.807) is 6.07 Å². The van der Waals surface area contributed by atoms with Gasteiger partial charge in [-0.05, 0) is 11.6 Å². The molecule has 7 heteroatoms. The highest BCUT2D eigenvalue weighted by Crippen LogP contribution is 2.41. The molecule has 1 atom stereocenters. The number of benzene rings is 1. The van der Waals surface area contributed by atoms with Gasteiger partial charge in [0.05, 0.1) is 17.6 Å². The zero-order chi connectivity index (χ0) is 12.4. The first-order valence-corrected chi connectivity index (χ1v) is 5.08. The number of hydrogen-bond donors (Lipinski definition) is 2. The zero-order valence-corrected chi connectivity index (χ0v) is 8.96. The number of nitro groups is 1. The lowest BCUT2D eigenvalue weighted by atomic mass is 10.1. The number of fused-ring (bicyclic) bond motifs is 1. The van der Waals surface area contributed by atoms with Gasteiger partial charge in [0.25, 0.3) is 0 Å². The zero-order valence-electron chi connectivity index (χ0n) is 8.96. The second kappa shape index (κ2) is 4.56. The van der Waals surface area contributed by atoms with E-state index < -0.39 is 11.0 Å². The first kappa shape index (κ1) is 11.6. The van der Waals surface area contributed by atoms with Crippen molar-refractivity contribution in [1.82, 2.24) is 0 Å². The van der Waals surface area contributed by atoms with Crippen LogP contribution in [0.2, 0.25) is 0 Å². The van der Waals surface area contributed by atoms with Crippen molar-refractivity contribution in [2.45, 2.75) is 6.04 Å². The van der Waals surface area contributed by atoms with Gasteiger partial charge in [-0.1, -0.05) is 0 Å². The normalized spacial score (nSPS) is 15.4. The van der Waals surface area contributed by atoms with Gasteiger partial charge in [-0.3, -0.25) is 10.1 Å². The molecule has 3 N–H and O–H groups in total. The molecule has 1 aliphatic rings. The van der Waals surface area contributed by atoms with Crippen LogP contribution in [-0.4, -0.2) is 29.9 Å². The van der Waals surface area contributed by atoms with Gasteiger partial charge in [0.15, 0.2) is 5.75 Å². The van der Waals surface area contributed by atoms with Crippen LogP contribution in [0.4, 0.5) is 5.69 Å². The van der Waals surface area contributed by atoms with Gasteiger partial charge in [0, 0.05) is 6.07 Å². The third-order valence-corrected chi connectivity index (χ3v) is 2.47. The third kappa shape index (κ3) is 2.15. The lowest BCUT2D eigenvalue weighted by molar-refractivity contribution is -0.386. The summed E-state index contributed by atoms with van der Waals surface area (Å²) in [5.41, 5.74) is 5.88. The molecule has 0 bridgehead atoms. The fourth-order valence-corrected chi connectivity index (χ4v) is 1.61. The van der Waals surface area contributed by atoms with Crippen molar-refractivity contribution in [2.24, 2.45) is 5.73 Å². The Morgan fingerprint density at radius 1 is 1.47 bits per heavy atom. The molecule has 0 spiro atoms.